The Morgan fingerprint density at radius 3 is 2.73 bits per heavy atom. The minimum atomic E-state index is -4.47. The van der Waals surface area contributed by atoms with Crippen LogP contribution in [0.4, 0.5) is 29.5 Å². The zero-order valence-corrected chi connectivity index (χ0v) is 18.4. The number of hydrogen-bond acceptors (Lipinski definition) is 7. The Kier molecular flexibility index (Phi) is 6.63. The van der Waals surface area contributed by atoms with Gasteiger partial charge in [0.2, 0.25) is 5.82 Å². The number of rotatable bonds is 5. The summed E-state index contributed by atoms with van der Waals surface area (Å²) in [4.78, 5) is 20.3. The normalized spacial score (nSPS) is 16.5. The van der Waals surface area contributed by atoms with E-state index in [-0.39, 0.29) is 11.7 Å². The number of alkyl halides is 3. The Bertz CT molecular complexity index is 1090. The van der Waals surface area contributed by atoms with Crippen molar-refractivity contribution in [3.8, 4) is 5.88 Å². The van der Waals surface area contributed by atoms with Crippen molar-refractivity contribution in [3.05, 3.63) is 59.9 Å². The number of ether oxygens (including phenoxy) is 1. The molecule has 3 aromatic rings. The number of piperazine rings is 1. The minimum Gasteiger partial charge on any atom is -0.470 e. The van der Waals surface area contributed by atoms with E-state index < -0.39 is 17.8 Å². The van der Waals surface area contributed by atoms with Crippen molar-refractivity contribution in [2.75, 3.05) is 29.9 Å². The molecule has 0 bridgehead atoms. The third kappa shape index (κ3) is 5.51. The van der Waals surface area contributed by atoms with Crippen LogP contribution in [0.15, 0.2) is 48.8 Å². The van der Waals surface area contributed by atoms with Crippen molar-refractivity contribution < 1.29 is 22.7 Å². The lowest BCUT2D eigenvalue weighted by Crippen LogP contribution is -2.55. The predicted molar refractivity (Wildman–Crippen MR) is 117 cm³/mol. The number of pyridine rings is 1. The fourth-order valence-corrected chi connectivity index (χ4v) is 4.03. The van der Waals surface area contributed by atoms with E-state index in [9.17, 15) is 18.0 Å². The third-order valence-corrected chi connectivity index (χ3v) is 5.70. The lowest BCUT2D eigenvalue weighted by molar-refractivity contribution is -0.137. The highest BCUT2D eigenvalue weighted by molar-refractivity contribution is 6.99. The van der Waals surface area contributed by atoms with E-state index in [4.69, 9.17) is 4.74 Å². The van der Waals surface area contributed by atoms with Crippen LogP contribution in [0.5, 0.6) is 5.88 Å². The summed E-state index contributed by atoms with van der Waals surface area (Å²) >= 11 is 1.04. The van der Waals surface area contributed by atoms with Gasteiger partial charge in [0.1, 0.15) is 6.61 Å². The molecule has 0 radical (unpaired) electrons. The molecule has 2 aromatic heterocycles. The second-order valence-corrected chi connectivity index (χ2v) is 8.06. The van der Waals surface area contributed by atoms with Gasteiger partial charge in [-0.2, -0.15) is 17.5 Å². The predicted octanol–water partition coefficient (Wildman–Crippen LogP) is 4.27. The zero-order valence-electron chi connectivity index (χ0n) is 17.6. The van der Waals surface area contributed by atoms with Gasteiger partial charge in [-0.1, -0.05) is 6.07 Å². The molecular weight excluding hydrogens is 457 g/mol. The van der Waals surface area contributed by atoms with Gasteiger partial charge in [-0.05, 0) is 42.8 Å². The zero-order chi connectivity index (χ0) is 23.4. The summed E-state index contributed by atoms with van der Waals surface area (Å²) in [6.45, 7) is 3.53. The van der Waals surface area contributed by atoms with Gasteiger partial charge in [-0.3, -0.25) is 4.98 Å². The molecule has 0 saturated carbocycles. The van der Waals surface area contributed by atoms with Crippen LogP contribution in [0.1, 0.15) is 18.1 Å². The van der Waals surface area contributed by atoms with Crippen LogP contribution in [0.25, 0.3) is 0 Å². The number of halogens is 3. The van der Waals surface area contributed by atoms with E-state index in [1.807, 2.05) is 24.0 Å². The van der Waals surface area contributed by atoms with Crippen LogP contribution in [0, 0.1) is 0 Å². The van der Waals surface area contributed by atoms with E-state index in [1.54, 1.807) is 17.3 Å². The van der Waals surface area contributed by atoms with Gasteiger partial charge in [-0.25, -0.2) is 4.79 Å². The van der Waals surface area contributed by atoms with E-state index in [0.717, 1.165) is 29.4 Å². The maximum absolute atomic E-state index is 12.9. The van der Waals surface area contributed by atoms with Gasteiger partial charge in [-0.15, -0.1) is 4.37 Å². The Hall–Kier alpha value is -3.41. The first kappa shape index (κ1) is 22.8. The third-order valence-electron chi connectivity index (χ3n) is 5.20. The largest absolute Gasteiger partial charge is 0.470 e. The summed E-state index contributed by atoms with van der Waals surface area (Å²) in [5, 5.41) is 2.57. The molecule has 174 valence electrons. The molecule has 1 aliphatic heterocycles. The number of carbonyl (C=O) groups is 1. The summed E-state index contributed by atoms with van der Waals surface area (Å²) in [6, 6.07) is 7.63. The van der Waals surface area contributed by atoms with Gasteiger partial charge >= 0.3 is 12.2 Å². The summed E-state index contributed by atoms with van der Waals surface area (Å²) < 4.78 is 53.2. The van der Waals surface area contributed by atoms with Crippen molar-refractivity contribution in [1.29, 1.82) is 0 Å². The average molecular weight is 479 g/mol. The van der Waals surface area contributed by atoms with Crippen molar-refractivity contribution in [2.24, 2.45) is 0 Å². The molecule has 1 unspecified atom stereocenters. The molecule has 4 rings (SSSR count). The van der Waals surface area contributed by atoms with Gasteiger partial charge in [0.15, 0.2) is 0 Å². The van der Waals surface area contributed by atoms with Crippen LogP contribution in [0.3, 0.4) is 0 Å². The van der Waals surface area contributed by atoms with Crippen LogP contribution < -0.4 is 15.0 Å². The standard InChI is InChI=1S/C21H21F3N6O2S/c1-14-12-29(18-19(28-33-27-18)32-13-15-5-7-25-8-6-15)9-10-30(14)20(31)26-17-4-2-3-16(11-17)21(22,23)24/h2-8,11,14H,9-10,12-13H2,1H3,(H,26,31). The molecule has 1 aromatic carbocycles. The molecule has 1 atom stereocenters. The highest BCUT2D eigenvalue weighted by Gasteiger charge is 2.32. The number of carbonyl (C=O) groups excluding carboxylic acids is 1. The average Bonchev–Trinajstić information content (AvgIpc) is 3.26. The van der Waals surface area contributed by atoms with Gasteiger partial charge < -0.3 is 19.9 Å². The molecule has 3 heterocycles. The smallest absolute Gasteiger partial charge is 0.416 e. The summed E-state index contributed by atoms with van der Waals surface area (Å²) in [6.07, 6.45) is -1.10. The van der Waals surface area contributed by atoms with Gasteiger partial charge in [0.25, 0.3) is 5.88 Å². The lowest BCUT2D eigenvalue weighted by Gasteiger charge is -2.39. The van der Waals surface area contributed by atoms with E-state index in [1.165, 1.54) is 12.1 Å². The highest BCUT2D eigenvalue weighted by Crippen LogP contribution is 2.31. The Labute approximate surface area is 192 Å². The van der Waals surface area contributed by atoms with Crippen molar-refractivity contribution >= 4 is 29.3 Å². The summed E-state index contributed by atoms with van der Waals surface area (Å²) in [5.74, 6) is 1.03. The fraction of sp³-hybridized carbons (Fsp3) is 0.333. The van der Waals surface area contributed by atoms with Gasteiger partial charge in [0.05, 0.1) is 17.3 Å². The second kappa shape index (κ2) is 9.61. The molecule has 1 N–H and O–H groups in total. The second-order valence-electron chi connectivity index (χ2n) is 7.53. The quantitative estimate of drug-likeness (QED) is 0.590. The number of benzene rings is 1. The van der Waals surface area contributed by atoms with Crippen LogP contribution in [0.2, 0.25) is 0 Å². The van der Waals surface area contributed by atoms with E-state index in [2.05, 4.69) is 19.0 Å². The highest BCUT2D eigenvalue weighted by atomic mass is 32.1. The van der Waals surface area contributed by atoms with Crippen molar-refractivity contribution in [3.63, 3.8) is 0 Å². The summed E-state index contributed by atoms with van der Waals surface area (Å²) in [7, 11) is 0. The molecule has 2 amide bonds. The Morgan fingerprint density at radius 1 is 1.21 bits per heavy atom. The molecule has 12 heteroatoms. The van der Waals surface area contributed by atoms with Crippen molar-refractivity contribution in [1.82, 2.24) is 18.6 Å². The number of hydrogen-bond donors (Lipinski definition) is 1. The SMILES string of the molecule is CC1CN(c2nsnc2OCc2ccncc2)CCN1C(=O)Nc1cccc(C(F)(F)F)c1. The van der Waals surface area contributed by atoms with E-state index >= 15 is 0 Å². The molecule has 8 nitrogen and oxygen atoms in total. The Balaban J connectivity index is 1.36. The number of nitrogens with zero attached hydrogens (tertiary/aromatic N) is 5. The van der Waals surface area contributed by atoms with Crippen LogP contribution in [-0.4, -0.2) is 50.3 Å². The first-order chi connectivity index (χ1) is 15.8. The van der Waals surface area contributed by atoms with Crippen LogP contribution in [-0.2, 0) is 12.8 Å². The number of amides is 2. The van der Waals surface area contributed by atoms with Crippen molar-refractivity contribution in [2.45, 2.75) is 25.7 Å². The molecule has 0 aliphatic carbocycles. The Morgan fingerprint density at radius 2 is 2.00 bits per heavy atom. The number of nitrogens with one attached hydrogen (secondary N) is 1. The summed E-state index contributed by atoms with van der Waals surface area (Å²) in [5.41, 5.74) is 0.238. The first-order valence-corrected chi connectivity index (χ1v) is 10.9. The molecule has 1 saturated heterocycles. The maximum atomic E-state index is 12.9. The molecule has 1 fully saturated rings. The van der Waals surface area contributed by atoms with Gasteiger partial charge in [0, 0.05) is 43.8 Å². The molecule has 1 aliphatic rings. The molecule has 33 heavy (non-hydrogen) atoms. The monoisotopic (exact) mass is 478 g/mol. The van der Waals surface area contributed by atoms with E-state index in [0.29, 0.717) is 37.9 Å². The minimum absolute atomic E-state index is 0.0972. The first-order valence-electron chi connectivity index (χ1n) is 10.2. The maximum Gasteiger partial charge on any atom is 0.416 e. The molecular formula is C21H21F3N6O2S. The topological polar surface area (TPSA) is 83.5 Å². The van der Waals surface area contributed by atoms with Crippen LogP contribution >= 0.6 is 11.7 Å². The number of anilines is 2. The fourth-order valence-electron chi connectivity index (χ4n) is 3.51. The number of urea groups is 1. The number of aromatic nitrogens is 3. The lowest BCUT2D eigenvalue weighted by atomic mass is 10.2. The molecule has 0 spiro atoms.